The number of fused-ring (bicyclic) bond motifs is 3. The number of hydrogen-bond acceptors (Lipinski definition) is 7. The van der Waals surface area contributed by atoms with Crippen LogP contribution in [0.1, 0.15) is 56.2 Å². The number of aliphatic hydroxyl groups is 2. The minimum atomic E-state index is -1.03. The van der Waals surface area contributed by atoms with E-state index >= 15 is 0 Å². The lowest BCUT2D eigenvalue weighted by Crippen LogP contribution is -2.48. The summed E-state index contributed by atoms with van der Waals surface area (Å²) in [4.78, 5) is 16.9. The number of nitrogens with zero attached hydrogens (tertiary/aromatic N) is 1. The van der Waals surface area contributed by atoms with Gasteiger partial charge in [0.05, 0.1) is 29.8 Å². The first-order valence-corrected chi connectivity index (χ1v) is 14.8. The van der Waals surface area contributed by atoms with Crippen LogP contribution in [0.15, 0.2) is 42.6 Å². The molecule has 0 unspecified atom stereocenters. The Labute approximate surface area is 253 Å². The molecule has 1 aromatic heterocycles. The molecule has 43 heavy (non-hydrogen) atoms. The summed E-state index contributed by atoms with van der Waals surface area (Å²) in [6, 6.07) is 8.85. The number of aromatic nitrogens is 1. The van der Waals surface area contributed by atoms with Crippen molar-refractivity contribution < 1.29 is 38.0 Å². The van der Waals surface area contributed by atoms with Crippen LogP contribution in [0, 0.1) is 29.4 Å². The van der Waals surface area contributed by atoms with Crippen molar-refractivity contribution in [1.29, 1.82) is 0 Å². The van der Waals surface area contributed by atoms with E-state index in [4.69, 9.17) is 25.8 Å². The van der Waals surface area contributed by atoms with Gasteiger partial charge in [-0.25, -0.2) is 13.8 Å². The lowest BCUT2D eigenvalue weighted by Gasteiger charge is -2.42. The van der Waals surface area contributed by atoms with E-state index in [1.807, 2.05) is 26.8 Å². The first kappa shape index (κ1) is 29.8. The van der Waals surface area contributed by atoms with Gasteiger partial charge >= 0.3 is 5.97 Å². The fourth-order valence-corrected chi connectivity index (χ4v) is 6.65. The van der Waals surface area contributed by atoms with Crippen molar-refractivity contribution in [1.82, 2.24) is 4.98 Å². The molecule has 6 rings (SSSR count). The van der Waals surface area contributed by atoms with Crippen LogP contribution >= 0.6 is 11.6 Å². The molecule has 10 heteroatoms. The van der Waals surface area contributed by atoms with Crippen molar-refractivity contribution in [3.8, 4) is 22.8 Å². The number of halogens is 3. The summed E-state index contributed by atoms with van der Waals surface area (Å²) >= 11 is 6.48. The molecule has 0 aliphatic heterocycles. The monoisotopic (exact) mass is 613 g/mol. The van der Waals surface area contributed by atoms with Crippen molar-refractivity contribution >= 4 is 17.6 Å². The van der Waals surface area contributed by atoms with Crippen LogP contribution in [0.5, 0.6) is 11.6 Å². The predicted octanol–water partition coefficient (Wildman–Crippen LogP) is 6.00. The van der Waals surface area contributed by atoms with Gasteiger partial charge in [-0.05, 0) is 87.3 Å². The number of ether oxygens (including phenoxy) is 3. The van der Waals surface area contributed by atoms with E-state index in [1.54, 1.807) is 24.4 Å². The van der Waals surface area contributed by atoms with Crippen LogP contribution in [-0.4, -0.2) is 45.6 Å². The van der Waals surface area contributed by atoms with E-state index in [9.17, 15) is 23.8 Å². The Morgan fingerprint density at radius 3 is 2.56 bits per heavy atom. The van der Waals surface area contributed by atoms with Gasteiger partial charge in [0.25, 0.3) is 0 Å². The molecule has 0 radical (unpaired) electrons. The molecule has 0 saturated heterocycles. The Kier molecular flexibility index (Phi) is 7.63. The Morgan fingerprint density at radius 2 is 1.86 bits per heavy atom. The maximum absolute atomic E-state index is 14.9. The molecule has 0 amide bonds. The summed E-state index contributed by atoms with van der Waals surface area (Å²) in [6.07, 6.45) is 3.35. The topological polar surface area (TPSA) is 98.1 Å². The molecule has 3 aliphatic rings. The molecule has 3 aliphatic carbocycles. The Balaban J connectivity index is 1.10. The van der Waals surface area contributed by atoms with Crippen LogP contribution in [0.4, 0.5) is 8.78 Å². The van der Waals surface area contributed by atoms with Crippen LogP contribution in [0.2, 0.25) is 5.02 Å². The van der Waals surface area contributed by atoms with Crippen molar-refractivity contribution in [2.75, 3.05) is 13.2 Å². The first-order valence-electron chi connectivity index (χ1n) is 14.4. The zero-order chi connectivity index (χ0) is 30.7. The normalized spacial score (nSPS) is 25.4. The van der Waals surface area contributed by atoms with E-state index in [-0.39, 0.29) is 59.0 Å². The average Bonchev–Trinajstić information content (AvgIpc) is 3.51. The van der Waals surface area contributed by atoms with Gasteiger partial charge in [-0.15, -0.1) is 0 Å². The molecule has 228 valence electrons. The van der Waals surface area contributed by atoms with Crippen LogP contribution in [-0.2, 0) is 22.6 Å². The van der Waals surface area contributed by atoms with Gasteiger partial charge in [0.1, 0.15) is 29.6 Å². The highest BCUT2D eigenvalue weighted by Crippen LogP contribution is 2.62. The highest BCUT2D eigenvalue weighted by molar-refractivity contribution is 6.33. The molecular weight excluding hydrogens is 580 g/mol. The molecule has 3 aromatic rings. The second-order valence-electron chi connectivity index (χ2n) is 13.0. The van der Waals surface area contributed by atoms with Crippen LogP contribution in [0.3, 0.4) is 0 Å². The van der Waals surface area contributed by atoms with Crippen molar-refractivity contribution in [2.24, 2.45) is 17.8 Å². The Bertz CT molecular complexity index is 1570. The molecule has 3 atom stereocenters. The number of pyridine rings is 1. The Hall–Kier alpha value is -3.27. The molecule has 2 saturated carbocycles. The quantitative estimate of drug-likeness (QED) is 0.286. The maximum atomic E-state index is 14.9. The van der Waals surface area contributed by atoms with Crippen LogP contribution < -0.4 is 9.47 Å². The van der Waals surface area contributed by atoms with Crippen molar-refractivity contribution in [3.63, 3.8) is 0 Å². The molecular formula is C33H34ClF2NO6. The summed E-state index contributed by atoms with van der Waals surface area (Å²) in [6.45, 7) is 5.48. The minimum Gasteiger partial charge on any atom is -0.493 e. The maximum Gasteiger partial charge on any atom is 0.310 e. The number of carbonyl (C=O) groups is 1. The third kappa shape index (κ3) is 6.08. The second-order valence-corrected chi connectivity index (χ2v) is 13.4. The molecule has 0 bridgehead atoms. The van der Waals surface area contributed by atoms with Gasteiger partial charge in [-0.1, -0.05) is 11.6 Å². The van der Waals surface area contributed by atoms with E-state index < -0.39 is 22.8 Å². The van der Waals surface area contributed by atoms with E-state index in [0.29, 0.717) is 36.6 Å². The summed E-state index contributed by atoms with van der Waals surface area (Å²) < 4.78 is 46.8. The third-order valence-corrected chi connectivity index (χ3v) is 8.83. The molecule has 2 fully saturated rings. The molecule has 2 N–H and O–H groups in total. The number of carbonyl (C=O) groups excluding carboxylic acids is 1. The first-order chi connectivity index (χ1) is 20.3. The lowest BCUT2D eigenvalue weighted by atomic mass is 9.72. The minimum absolute atomic E-state index is 0.106. The fraction of sp³-hybridized carbons (Fsp3) is 0.455. The highest BCUT2D eigenvalue weighted by Gasteiger charge is 2.61. The van der Waals surface area contributed by atoms with E-state index in [0.717, 1.165) is 23.6 Å². The highest BCUT2D eigenvalue weighted by atomic mass is 35.5. The number of rotatable bonds is 9. The molecule has 7 nitrogen and oxygen atoms in total. The lowest BCUT2D eigenvalue weighted by molar-refractivity contribution is -0.157. The molecule has 2 aromatic carbocycles. The van der Waals surface area contributed by atoms with Gasteiger partial charge in [-0.3, -0.25) is 4.79 Å². The van der Waals surface area contributed by atoms with E-state index in [2.05, 4.69) is 4.98 Å². The SMILES string of the molecule is CC(C)(C)OC(=O)[C@H]1[C@@H]2Cc3cc(OCc4cc(-c5ccc(OCC6CC(O)(CO)C6)cc5Cl)c(F)cc4F)ncc3[C@@H]21. The second kappa shape index (κ2) is 11.0. The van der Waals surface area contributed by atoms with Crippen molar-refractivity contribution in [3.05, 3.63) is 75.9 Å². The summed E-state index contributed by atoms with van der Waals surface area (Å²) in [5, 5.41) is 19.4. The predicted molar refractivity (Wildman–Crippen MR) is 155 cm³/mol. The van der Waals surface area contributed by atoms with Gasteiger partial charge in [0, 0.05) is 40.9 Å². The van der Waals surface area contributed by atoms with Gasteiger partial charge < -0.3 is 24.4 Å². The van der Waals surface area contributed by atoms with Gasteiger partial charge in [-0.2, -0.15) is 0 Å². The largest absolute Gasteiger partial charge is 0.493 e. The van der Waals surface area contributed by atoms with Crippen LogP contribution in [0.25, 0.3) is 11.1 Å². The number of hydrogen-bond donors (Lipinski definition) is 2. The number of aliphatic hydroxyl groups excluding tert-OH is 1. The number of benzene rings is 2. The van der Waals surface area contributed by atoms with E-state index in [1.165, 1.54) is 6.07 Å². The average molecular weight is 614 g/mol. The summed E-state index contributed by atoms with van der Waals surface area (Å²) in [5.74, 6) is -0.598. The van der Waals surface area contributed by atoms with Gasteiger partial charge in [0.2, 0.25) is 5.88 Å². The summed E-state index contributed by atoms with van der Waals surface area (Å²) in [5.41, 5.74) is 1.16. The zero-order valence-corrected chi connectivity index (χ0v) is 25.0. The van der Waals surface area contributed by atoms with Crippen molar-refractivity contribution in [2.45, 2.75) is 63.8 Å². The third-order valence-electron chi connectivity index (χ3n) is 8.52. The fourth-order valence-electron chi connectivity index (χ4n) is 6.38. The standard InChI is InChI=1S/C33H34ClF2NO6/c1-32(2,3)43-31(39)30-23-6-18-8-28(37-13-24(18)29(23)30)42-15-19-7-22(27(36)10-26(19)35)21-5-4-20(9-25(21)34)41-14-17-11-33(40,12-17)16-38/h4-5,7-10,13,17,23,29-30,38,40H,6,11-12,14-16H2,1-3H3/t17?,23-,29-,30+,33?/m1/s1. The van der Waals surface area contributed by atoms with Gasteiger partial charge in [0.15, 0.2) is 0 Å². The molecule has 0 spiro atoms. The zero-order valence-electron chi connectivity index (χ0n) is 24.2. The molecule has 1 heterocycles. The smallest absolute Gasteiger partial charge is 0.310 e. The number of esters is 1. The summed E-state index contributed by atoms with van der Waals surface area (Å²) in [7, 11) is 0. The Morgan fingerprint density at radius 1 is 1.09 bits per heavy atom.